The van der Waals surface area contributed by atoms with E-state index in [2.05, 4.69) is 20.4 Å². The molecule has 2 aliphatic rings. The van der Waals surface area contributed by atoms with E-state index in [4.69, 9.17) is 4.18 Å². The van der Waals surface area contributed by atoms with E-state index in [1.54, 1.807) is 12.0 Å². The van der Waals surface area contributed by atoms with Crippen molar-refractivity contribution in [3.8, 4) is 0 Å². The zero-order valence-electron chi connectivity index (χ0n) is 12.0. The summed E-state index contributed by atoms with van der Waals surface area (Å²) in [5, 5.41) is 0.709. The third kappa shape index (κ3) is 4.22. The SMILES string of the molecule is C=C(OSC1CCC(C)CC1)C1CCC(C)CC1. The molecule has 104 valence electrons. The largest absolute Gasteiger partial charge is 0.430 e. The fourth-order valence-electron chi connectivity index (χ4n) is 3.11. The van der Waals surface area contributed by atoms with Crippen LogP contribution in [0, 0.1) is 17.8 Å². The highest BCUT2D eigenvalue weighted by Gasteiger charge is 2.24. The van der Waals surface area contributed by atoms with E-state index in [9.17, 15) is 0 Å². The highest BCUT2D eigenvalue weighted by molar-refractivity contribution is 7.95. The number of hydrogen-bond acceptors (Lipinski definition) is 2. The van der Waals surface area contributed by atoms with Gasteiger partial charge in [0.05, 0.1) is 12.0 Å². The van der Waals surface area contributed by atoms with Gasteiger partial charge in [-0.15, -0.1) is 0 Å². The molecular weight excluding hydrogens is 240 g/mol. The summed E-state index contributed by atoms with van der Waals surface area (Å²) in [4.78, 5) is 0. The number of hydrogen-bond donors (Lipinski definition) is 0. The first-order chi connectivity index (χ1) is 8.65. The Bertz CT molecular complexity index is 260. The summed E-state index contributed by atoms with van der Waals surface area (Å²) in [6.45, 7) is 8.88. The van der Waals surface area contributed by atoms with Crippen molar-refractivity contribution in [3.63, 3.8) is 0 Å². The fraction of sp³-hybridized carbons (Fsp3) is 0.875. The van der Waals surface area contributed by atoms with Crippen molar-refractivity contribution in [2.45, 2.75) is 70.5 Å². The first-order valence-electron chi connectivity index (χ1n) is 7.67. The number of allylic oxidation sites excluding steroid dienone is 1. The minimum Gasteiger partial charge on any atom is -0.430 e. The van der Waals surface area contributed by atoms with E-state index in [0.717, 1.165) is 17.6 Å². The van der Waals surface area contributed by atoms with Gasteiger partial charge in [0.25, 0.3) is 0 Å². The lowest BCUT2D eigenvalue weighted by molar-refractivity contribution is 0.267. The average molecular weight is 268 g/mol. The van der Waals surface area contributed by atoms with Crippen molar-refractivity contribution in [2.24, 2.45) is 17.8 Å². The molecule has 2 fully saturated rings. The smallest absolute Gasteiger partial charge is 0.110 e. The molecule has 0 amide bonds. The summed E-state index contributed by atoms with van der Waals surface area (Å²) < 4.78 is 5.91. The Morgan fingerprint density at radius 1 is 0.889 bits per heavy atom. The minimum atomic E-state index is 0.621. The molecule has 0 bridgehead atoms. The maximum absolute atomic E-state index is 5.91. The third-order valence-corrected chi connectivity index (χ3v) is 5.78. The van der Waals surface area contributed by atoms with Gasteiger partial charge in [-0.2, -0.15) is 0 Å². The Morgan fingerprint density at radius 2 is 1.39 bits per heavy atom. The second-order valence-corrected chi connectivity index (χ2v) is 7.51. The lowest BCUT2D eigenvalue weighted by atomic mass is 9.82. The highest BCUT2D eigenvalue weighted by atomic mass is 32.2. The second kappa shape index (κ2) is 6.88. The molecule has 1 nitrogen and oxygen atoms in total. The molecule has 0 aromatic carbocycles. The molecule has 0 unspecified atom stereocenters. The van der Waals surface area contributed by atoms with Crippen LogP contribution in [-0.2, 0) is 4.18 Å². The van der Waals surface area contributed by atoms with E-state index in [0.29, 0.717) is 11.2 Å². The Balaban J connectivity index is 1.65. The minimum absolute atomic E-state index is 0.621. The molecule has 2 saturated carbocycles. The van der Waals surface area contributed by atoms with Crippen molar-refractivity contribution >= 4 is 12.0 Å². The van der Waals surface area contributed by atoms with Crippen molar-refractivity contribution in [1.82, 2.24) is 0 Å². The summed E-state index contributed by atoms with van der Waals surface area (Å²) in [5.74, 6) is 3.49. The molecule has 0 saturated heterocycles. The van der Waals surface area contributed by atoms with Gasteiger partial charge in [0, 0.05) is 11.2 Å². The van der Waals surface area contributed by atoms with Crippen molar-refractivity contribution in [1.29, 1.82) is 0 Å². The molecule has 0 spiro atoms. The van der Waals surface area contributed by atoms with Gasteiger partial charge in [-0.1, -0.05) is 33.3 Å². The third-order valence-electron chi connectivity index (χ3n) is 4.73. The molecule has 0 radical (unpaired) electrons. The predicted molar refractivity (Wildman–Crippen MR) is 80.4 cm³/mol. The molecular formula is C16H28OS. The van der Waals surface area contributed by atoms with E-state index >= 15 is 0 Å². The molecule has 0 aromatic heterocycles. The zero-order chi connectivity index (χ0) is 13.0. The van der Waals surface area contributed by atoms with Gasteiger partial charge in [0.15, 0.2) is 0 Å². The molecule has 2 rings (SSSR count). The number of rotatable bonds is 4. The van der Waals surface area contributed by atoms with Gasteiger partial charge in [0.1, 0.15) is 5.76 Å². The van der Waals surface area contributed by atoms with E-state index in [1.165, 1.54) is 51.4 Å². The van der Waals surface area contributed by atoms with Crippen LogP contribution in [0.2, 0.25) is 0 Å². The van der Waals surface area contributed by atoms with Crippen molar-refractivity contribution in [2.75, 3.05) is 0 Å². The Labute approximate surface area is 117 Å². The molecule has 2 aliphatic carbocycles. The second-order valence-electron chi connectivity index (χ2n) is 6.48. The fourth-order valence-corrected chi connectivity index (χ4v) is 3.97. The van der Waals surface area contributed by atoms with Crippen LogP contribution in [0.1, 0.15) is 65.2 Å². The average Bonchev–Trinajstić information content (AvgIpc) is 2.38. The van der Waals surface area contributed by atoms with Gasteiger partial charge in [0.2, 0.25) is 0 Å². The summed E-state index contributed by atoms with van der Waals surface area (Å²) in [6, 6.07) is 0. The molecule has 0 heterocycles. The first-order valence-corrected chi connectivity index (χ1v) is 8.47. The molecule has 18 heavy (non-hydrogen) atoms. The summed E-state index contributed by atoms with van der Waals surface area (Å²) in [7, 11) is 0. The topological polar surface area (TPSA) is 9.23 Å². The molecule has 0 aromatic rings. The van der Waals surface area contributed by atoms with Crippen LogP contribution >= 0.6 is 12.0 Å². The van der Waals surface area contributed by atoms with Gasteiger partial charge in [-0.25, -0.2) is 0 Å². The standard InChI is InChI=1S/C16H28OS/c1-12-4-8-15(9-5-12)14(3)17-18-16-10-6-13(2)7-11-16/h12-13,15-16H,3-11H2,1-2H3. The normalized spacial score (nSPS) is 37.2. The van der Waals surface area contributed by atoms with Crippen molar-refractivity contribution < 1.29 is 4.18 Å². The van der Waals surface area contributed by atoms with Gasteiger partial charge >= 0.3 is 0 Å². The Kier molecular flexibility index (Phi) is 5.47. The monoisotopic (exact) mass is 268 g/mol. The Morgan fingerprint density at radius 3 is 1.94 bits per heavy atom. The van der Waals surface area contributed by atoms with E-state index < -0.39 is 0 Å². The molecule has 0 aliphatic heterocycles. The van der Waals surface area contributed by atoms with Crippen LogP contribution in [-0.4, -0.2) is 5.25 Å². The van der Waals surface area contributed by atoms with Crippen LogP contribution in [0.25, 0.3) is 0 Å². The van der Waals surface area contributed by atoms with Crippen LogP contribution in [0.4, 0.5) is 0 Å². The maximum atomic E-state index is 5.91. The van der Waals surface area contributed by atoms with Crippen LogP contribution in [0.3, 0.4) is 0 Å². The zero-order valence-corrected chi connectivity index (χ0v) is 12.8. The maximum Gasteiger partial charge on any atom is 0.110 e. The lowest BCUT2D eigenvalue weighted by Crippen LogP contribution is -2.17. The van der Waals surface area contributed by atoms with Gasteiger partial charge in [-0.05, 0) is 50.4 Å². The molecule has 0 N–H and O–H groups in total. The lowest BCUT2D eigenvalue weighted by Gasteiger charge is -2.29. The molecule has 0 atom stereocenters. The quantitative estimate of drug-likeness (QED) is 0.487. The first kappa shape index (κ1) is 14.3. The van der Waals surface area contributed by atoms with E-state index in [1.807, 2.05) is 0 Å². The molecule has 2 heteroatoms. The van der Waals surface area contributed by atoms with Crippen molar-refractivity contribution in [3.05, 3.63) is 12.3 Å². The summed E-state index contributed by atoms with van der Waals surface area (Å²) in [5.41, 5.74) is 0. The van der Waals surface area contributed by atoms with Crippen LogP contribution in [0.15, 0.2) is 12.3 Å². The van der Waals surface area contributed by atoms with E-state index in [-0.39, 0.29) is 0 Å². The predicted octanol–water partition coefficient (Wildman–Crippen LogP) is 5.57. The van der Waals surface area contributed by atoms with Crippen LogP contribution < -0.4 is 0 Å². The summed E-state index contributed by atoms with van der Waals surface area (Å²) >= 11 is 1.70. The van der Waals surface area contributed by atoms with Gasteiger partial charge in [-0.3, -0.25) is 0 Å². The van der Waals surface area contributed by atoms with Crippen LogP contribution in [0.5, 0.6) is 0 Å². The van der Waals surface area contributed by atoms with Gasteiger partial charge < -0.3 is 4.18 Å². The summed E-state index contributed by atoms with van der Waals surface area (Å²) in [6.07, 6.45) is 10.6. The Hall–Kier alpha value is -0.110. The highest BCUT2D eigenvalue weighted by Crippen LogP contribution is 2.37.